The van der Waals surface area contributed by atoms with Crippen molar-refractivity contribution in [1.29, 1.82) is 0 Å². The Hall–Kier alpha value is -1.35. The molecule has 0 heterocycles. The maximum absolute atomic E-state index is 10.1. The van der Waals surface area contributed by atoms with E-state index in [-0.39, 0.29) is 0 Å². The molecule has 0 aliphatic heterocycles. The number of amides is 1. The Balaban J connectivity index is 2.24. The summed E-state index contributed by atoms with van der Waals surface area (Å²) in [7, 11) is 1.58. The molecular formula is C10H13NO2. The third-order valence-corrected chi connectivity index (χ3v) is 1.68. The van der Waals surface area contributed by atoms with Crippen molar-refractivity contribution in [3.05, 3.63) is 35.9 Å². The van der Waals surface area contributed by atoms with Crippen molar-refractivity contribution >= 4 is 6.41 Å². The van der Waals surface area contributed by atoms with Gasteiger partial charge in [-0.3, -0.25) is 9.63 Å². The summed E-state index contributed by atoms with van der Waals surface area (Å²) >= 11 is 0. The fourth-order valence-electron chi connectivity index (χ4n) is 0.983. The Morgan fingerprint density at radius 1 is 1.38 bits per heavy atom. The van der Waals surface area contributed by atoms with Crippen molar-refractivity contribution < 1.29 is 9.63 Å². The van der Waals surface area contributed by atoms with Gasteiger partial charge in [0.15, 0.2) is 0 Å². The van der Waals surface area contributed by atoms with E-state index in [0.29, 0.717) is 13.0 Å². The molecule has 13 heavy (non-hydrogen) atoms. The third kappa shape index (κ3) is 3.71. The van der Waals surface area contributed by atoms with Crippen LogP contribution in [0.3, 0.4) is 0 Å². The Kier molecular flexibility index (Phi) is 3.99. The molecule has 0 bridgehead atoms. The van der Waals surface area contributed by atoms with Gasteiger partial charge in [0.2, 0.25) is 6.41 Å². The van der Waals surface area contributed by atoms with Gasteiger partial charge in [-0.1, -0.05) is 30.3 Å². The first-order valence-electron chi connectivity index (χ1n) is 4.18. The highest BCUT2D eigenvalue weighted by Crippen LogP contribution is 1.99. The van der Waals surface area contributed by atoms with E-state index in [4.69, 9.17) is 4.84 Å². The van der Waals surface area contributed by atoms with Crippen molar-refractivity contribution in [1.82, 2.24) is 5.06 Å². The fraction of sp³-hybridized carbons (Fsp3) is 0.300. The predicted molar refractivity (Wildman–Crippen MR) is 49.9 cm³/mol. The summed E-state index contributed by atoms with van der Waals surface area (Å²) in [5.74, 6) is 0. The molecule has 0 radical (unpaired) electrons. The second kappa shape index (κ2) is 5.32. The van der Waals surface area contributed by atoms with Crippen molar-refractivity contribution in [2.24, 2.45) is 0 Å². The second-order valence-electron chi connectivity index (χ2n) is 2.72. The van der Waals surface area contributed by atoms with Crippen molar-refractivity contribution in [2.45, 2.75) is 6.42 Å². The van der Waals surface area contributed by atoms with Crippen molar-refractivity contribution in [3.63, 3.8) is 0 Å². The molecule has 0 aromatic heterocycles. The van der Waals surface area contributed by atoms with Gasteiger partial charge in [0.25, 0.3) is 0 Å². The smallest absolute Gasteiger partial charge is 0.233 e. The molecule has 1 rings (SSSR count). The normalized spacial score (nSPS) is 9.62. The zero-order valence-corrected chi connectivity index (χ0v) is 7.64. The molecule has 0 aliphatic carbocycles. The molecule has 0 spiro atoms. The van der Waals surface area contributed by atoms with Crippen molar-refractivity contribution in [3.8, 4) is 0 Å². The first kappa shape index (κ1) is 9.74. The number of carbonyl (C=O) groups is 1. The minimum atomic E-state index is 0.527. The van der Waals surface area contributed by atoms with E-state index in [1.54, 1.807) is 7.05 Å². The van der Waals surface area contributed by atoms with Crippen LogP contribution >= 0.6 is 0 Å². The lowest BCUT2D eigenvalue weighted by atomic mass is 10.2. The number of hydroxylamine groups is 2. The molecule has 0 fully saturated rings. The number of hydrogen-bond acceptors (Lipinski definition) is 2. The van der Waals surface area contributed by atoms with E-state index in [9.17, 15) is 4.79 Å². The minimum Gasteiger partial charge on any atom is -0.276 e. The van der Waals surface area contributed by atoms with Gasteiger partial charge >= 0.3 is 0 Å². The quantitative estimate of drug-likeness (QED) is 0.503. The third-order valence-electron chi connectivity index (χ3n) is 1.68. The van der Waals surface area contributed by atoms with Gasteiger partial charge in [0, 0.05) is 7.05 Å². The van der Waals surface area contributed by atoms with Crippen LogP contribution in [0.5, 0.6) is 0 Å². The molecule has 0 saturated carbocycles. The van der Waals surface area contributed by atoms with Crippen LogP contribution in [0.1, 0.15) is 5.56 Å². The van der Waals surface area contributed by atoms with E-state index >= 15 is 0 Å². The molecule has 1 amide bonds. The molecule has 0 saturated heterocycles. The van der Waals surface area contributed by atoms with Crippen LogP contribution in [-0.4, -0.2) is 25.1 Å². The highest BCUT2D eigenvalue weighted by molar-refractivity contribution is 5.44. The molecular weight excluding hydrogens is 166 g/mol. The molecule has 0 aliphatic rings. The van der Waals surface area contributed by atoms with Gasteiger partial charge in [-0.05, 0) is 12.0 Å². The summed E-state index contributed by atoms with van der Waals surface area (Å²) in [4.78, 5) is 15.2. The highest BCUT2D eigenvalue weighted by Gasteiger charge is 1.94. The molecule has 3 nitrogen and oxygen atoms in total. The average molecular weight is 179 g/mol. The molecule has 1 aromatic rings. The van der Waals surface area contributed by atoms with Crippen LogP contribution in [0.25, 0.3) is 0 Å². The summed E-state index contributed by atoms with van der Waals surface area (Å²) in [5, 5.41) is 1.17. The Morgan fingerprint density at radius 2 is 2.08 bits per heavy atom. The van der Waals surface area contributed by atoms with Crippen molar-refractivity contribution in [2.75, 3.05) is 13.7 Å². The highest BCUT2D eigenvalue weighted by atomic mass is 16.7. The lowest BCUT2D eigenvalue weighted by Crippen LogP contribution is -2.17. The van der Waals surface area contributed by atoms with Gasteiger partial charge < -0.3 is 0 Å². The topological polar surface area (TPSA) is 29.5 Å². The molecule has 3 heteroatoms. The minimum absolute atomic E-state index is 0.527. The van der Waals surface area contributed by atoms with E-state index < -0.39 is 0 Å². The fourth-order valence-corrected chi connectivity index (χ4v) is 0.983. The first-order valence-corrected chi connectivity index (χ1v) is 4.18. The van der Waals surface area contributed by atoms with Crippen LogP contribution in [0.4, 0.5) is 0 Å². The summed E-state index contributed by atoms with van der Waals surface area (Å²) in [6, 6.07) is 10.0. The summed E-state index contributed by atoms with van der Waals surface area (Å²) in [6.45, 7) is 0.527. The zero-order chi connectivity index (χ0) is 9.52. The standard InChI is InChI=1S/C10H13NO2/c1-11(9-12)13-8-7-10-5-3-2-4-6-10/h2-6,9H,7-8H2,1H3. The van der Waals surface area contributed by atoms with E-state index in [1.807, 2.05) is 30.3 Å². The molecule has 0 atom stereocenters. The largest absolute Gasteiger partial charge is 0.276 e. The summed E-state index contributed by atoms with van der Waals surface area (Å²) in [6.07, 6.45) is 1.46. The molecule has 70 valence electrons. The zero-order valence-electron chi connectivity index (χ0n) is 7.64. The number of benzene rings is 1. The Morgan fingerprint density at radius 3 is 2.69 bits per heavy atom. The van der Waals surface area contributed by atoms with E-state index in [2.05, 4.69) is 0 Å². The molecule has 0 N–H and O–H groups in total. The lowest BCUT2D eigenvalue weighted by molar-refractivity contribution is -0.162. The van der Waals surface area contributed by atoms with E-state index in [0.717, 1.165) is 6.42 Å². The second-order valence-corrected chi connectivity index (χ2v) is 2.72. The van der Waals surface area contributed by atoms with Gasteiger partial charge in [0.05, 0.1) is 6.61 Å². The van der Waals surface area contributed by atoms with E-state index in [1.165, 1.54) is 10.6 Å². The van der Waals surface area contributed by atoms with Gasteiger partial charge in [-0.15, -0.1) is 0 Å². The summed E-state index contributed by atoms with van der Waals surface area (Å²) in [5.41, 5.74) is 1.21. The number of hydrogen-bond donors (Lipinski definition) is 0. The maximum atomic E-state index is 10.1. The predicted octanol–water partition coefficient (Wildman–Crippen LogP) is 1.25. The SMILES string of the molecule is CN(C=O)OCCc1ccccc1. The van der Waals surface area contributed by atoms with Crippen LogP contribution < -0.4 is 0 Å². The molecule has 0 unspecified atom stereocenters. The van der Waals surface area contributed by atoms with Crippen LogP contribution in [0.2, 0.25) is 0 Å². The van der Waals surface area contributed by atoms with Crippen LogP contribution in [0.15, 0.2) is 30.3 Å². The number of nitrogens with zero attached hydrogens (tertiary/aromatic N) is 1. The number of rotatable bonds is 5. The monoisotopic (exact) mass is 179 g/mol. The van der Waals surface area contributed by atoms with Gasteiger partial charge in [-0.2, -0.15) is 0 Å². The first-order chi connectivity index (χ1) is 6.33. The lowest BCUT2D eigenvalue weighted by Gasteiger charge is -2.09. The average Bonchev–Trinajstić information content (AvgIpc) is 2.19. The Labute approximate surface area is 77.9 Å². The van der Waals surface area contributed by atoms with Crippen LogP contribution in [0, 0.1) is 0 Å². The summed E-state index contributed by atoms with van der Waals surface area (Å²) < 4.78 is 0. The van der Waals surface area contributed by atoms with Gasteiger partial charge in [-0.25, -0.2) is 5.06 Å². The molecule has 1 aromatic carbocycles. The number of carbonyl (C=O) groups excluding carboxylic acids is 1. The Bertz CT molecular complexity index is 248. The van der Waals surface area contributed by atoms with Crippen LogP contribution in [-0.2, 0) is 16.1 Å². The van der Waals surface area contributed by atoms with Gasteiger partial charge in [0.1, 0.15) is 0 Å². The maximum Gasteiger partial charge on any atom is 0.233 e.